The van der Waals surface area contributed by atoms with Gasteiger partial charge in [0.25, 0.3) is 0 Å². The van der Waals surface area contributed by atoms with E-state index in [2.05, 4.69) is 5.32 Å². The Morgan fingerprint density at radius 2 is 1.75 bits per heavy atom. The summed E-state index contributed by atoms with van der Waals surface area (Å²) in [6.07, 6.45) is 3.00. The largest absolute Gasteiger partial charge is 0.497 e. The second kappa shape index (κ2) is 6.41. The zero-order valence-corrected chi connectivity index (χ0v) is 11.5. The maximum Gasteiger partial charge on any atom is 0.307 e. The molecule has 1 aromatic rings. The van der Waals surface area contributed by atoms with Gasteiger partial charge in [0.2, 0.25) is 5.91 Å². The Bertz CT molecular complexity index is 483. The Kier molecular flexibility index (Phi) is 4.61. The summed E-state index contributed by atoms with van der Waals surface area (Å²) in [4.78, 5) is 23.4. The number of amides is 1. The lowest BCUT2D eigenvalue weighted by Crippen LogP contribution is -2.36. The van der Waals surface area contributed by atoms with Crippen molar-refractivity contribution in [3.8, 4) is 5.75 Å². The Morgan fingerprint density at radius 1 is 1.15 bits per heavy atom. The molecule has 1 amide bonds. The lowest BCUT2D eigenvalue weighted by Gasteiger charge is -2.27. The summed E-state index contributed by atoms with van der Waals surface area (Å²) in [5, 5.41) is 12.0. The van der Waals surface area contributed by atoms with Crippen LogP contribution in [0.5, 0.6) is 5.75 Å². The van der Waals surface area contributed by atoms with Gasteiger partial charge in [-0.3, -0.25) is 9.59 Å². The van der Waals surface area contributed by atoms with Crippen LogP contribution in [-0.4, -0.2) is 24.1 Å². The topological polar surface area (TPSA) is 75.6 Å². The molecule has 1 aromatic carbocycles. The second-order valence-electron chi connectivity index (χ2n) is 5.05. The van der Waals surface area contributed by atoms with Crippen molar-refractivity contribution in [1.82, 2.24) is 0 Å². The first kappa shape index (κ1) is 14.4. The van der Waals surface area contributed by atoms with E-state index in [4.69, 9.17) is 4.74 Å². The molecule has 0 spiro atoms. The molecule has 0 radical (unpaired) electrons. The van der Waals surface area contributed by atoms with Crippen LogP contribution in [0.4, 0.5) is 5.69 Å². The predicted molar refractivity (Wildman–Crippen MR) is 74.7 cm³/mol. The molecule has 1 saturated carbocycles. The minimum atomic E-state index is -0.875. The van der Waals surface area contributed by atoms with Gasteiger partial charge in [-0.05, 0) is 37.1 Å². The number of anilines is 1. The summed E-state index contributed by atoms with van der Waals surface area (Å²) < 4.78 is 5.05. The number of ether oxygens (including phenoxy) is 1. The molecule has 2 unspecified atom stereocenters. The predicted octanol–water partition coefficient (Wildman–Crippen LogP) is 2.52. The van der Waals surface area contributed by atoms with E-state index in [0.717, 1.165) is 12.8 Å². The first-order valence-electron chi connectivity index (χ1n) is 6.79. The lowest BCUT2D eigenvalue weighted by atomic mass is 9.78. The number of benzene rings is 1. The van der Waals surface area contributed by atoms with Crippen LogP contribution < -0.4 is 10.1 Å². The summed E-state index contributed by atoms with van der Waals surface area (Å²) in [7, 11) is 1.58. The molecule has 0 aromatic heterocycles. The molecule has 0 saturated heterocycles. The van der Waals surface area contributed by atoms with Crippen molar-refractivity contribution in [3.05, 3.63) is 24.3 Å². The van der Waals surface area contributed by atoms with E-state index < -0.39 is 17.8 Å². The number of carbonyl (C=O) groups excluding carboxylic acids is 1. The summed E-state index contributed by atoms with van der Waals surface area (Å²) >= 11 is 0. The average molecular weight is 277 g/mol. The highest BCUT2D eigenvalue weighted by Crippen LogP contribution is 2.31. The number of aliphatic carboxylic acids is 1. The summed E-state index contributed by atoms with van der Waals surface area (Å²) in [6, 6.07) is 7.00. The molecule has 2 rings (SSSR count). The zero-order chi connectivity index (χ0) is 14.5. The molecule has 20 heavy (non-hydrogen) atoms. The number of rotatable bonds is 4. The van der Waals surface area contributed by atoms with Crippen LogP contribution in [0.1, 0.15) is 25.7 Å². The third-order valence-corrected chi connectivity index (χ3v) is 3.78. The third kappa shape index (κ3) is 3.29. The van der Waals surface area contributed by atoms with Gasteiger partial charge in [0, 0.05) is 5.69 Å². The number of carboxylic acids is 1. The Hall–Kier alpha value is -2.04. The van der Waals surface area contributed by atoms with E-state index in [-0.39, 0.29) is 5.91 Å². The SMILES string of the molecule is COc1ccc(NC(=O)C2CCCCC2C(=O)O)cc1. The van der Waals surface area contributed by atoms with Crippen LogP contribution in [-0.2, 0) is 9.59 Å². The van der Waals surface area contributed by atoms with E-state index in [1.807, 2.05) is 0 Å². The summed E-state index contributed by atoms with van der Waals surface area (Å²) in [5.74, 6) is -1.38. The fourth-order valence-electron chi connectivity index (χ4n) is 2.65. The highest BCUT2D eigenvalue weighted by atomic mass is 16.5. The number of hydrogen-bond donors (Lipinski definition) is 2. The Labute approximate surface area is 117 Å². The van der Waals surface area contributed by atoms with Crippen LogP contribution in [0.3, 0.4) is 0 Å². The third-order valence-electron chi connectivity index (χ3n) is 3.78. The van der Waals surface area contributed by atoms with Gasteiger partial charge in [-0.2, -0.15) is 0 Å². The van der Waals surface area contributed by atoms with Gasteiger partial charge in [-0.25, -0.2) is 0 Å². The van der Waals surface area contributed by atoms with Crippen molar-refractivity contribution < 1.29 is 19.4 Å². The van der Waals surface area contributed by atoms with Crippen LogP contribution in [0.25, 0.3) is 0 Å². The van der Waals surface area contributed by atoms with Crippen molar-refractivity contribution in [3.63, 3.8) is 0 Å². The van der Waals surface area contributed by atoms with Crippen molar-refractivity contribution in [2.24, 2.45) is 11.8 Å². The molecule has 1 fully saturated rings. The highest BCUT2D eigenvalue weighted by Gasteiger charge is 2.35. The van der Waals surface area contributed by atoms with Crippen molar-refractivity contribution in [2.45, 2.75) is 25.7 Å². The fraction of sp³-hybridized carbons (Fsp3) is 0.467. The molecule has 0 heterocycles. The lowest BCUT2D eigenvalue weighted by molar-refractivity contribution is -0.147. The Morgan fingerprint density at radius 3 is 2.30 bits per heavy atom. The van der Waals surface area contributed by atoms with E-state index >= 15 is 0 Å². The minimum absolute atomic E-state index is 0.206. The maximum atomic E-state index is 12.2. The zero-order valence-electron chi connectivity index (χ0n) is 11.5. The number of nitrogens with one attached hydrogen (secondary N) is 1. The number of carboxylic acid groups (broad SMARTS) is 1. The van der Waals surface area contributed by atoms with Gasteiger partial charge >= 0.3 is 5.97 Å². The molecule has 108 valence electrons. The van der Waals surface area contributed by atoms with Crippen LogP contribution in [0.2, 0.25) is 0 Å². The molecule has 2 atom stereocenters. The maximum absolute atomic E-state index is 12.2. The van der Waals surface area contributed by atoms with Gasteiger partial charge in [0.05, 0.1) is 18.9 Å². The standard InChI is InChI=1S/C15H19NO4/c1-20-11-8-6-10(7-9-11)16-14(17)12-4-2-3-5-13(12)15(18)19/h6-9,12-13H,2-5H2,1H3,(H,16,17)(H,18,19). The molecule has 2 N–H and O–H groups in total. The van der Waals surface area contributed by atoms with Gasteiger partial charge in [0.15, 0.2) is 0 Å². The first-order valence-corrected chi connectivity index (χ1v) is 6.79. The van der Waals surface area contributed by atoms with E-state index in [9.17, 15) is 14.7 Å². The molecule has 0 aliphatic heterocycles. The van der Waals surface area contributed by atoms with Gasteiger partial charge in [-0.15, -0.1) is 0 Å². The van der Waals surface area contributed by atoms with Crippen LogP contribution in [0, 0.1) is 11.8 Å². The number of methoxy groups -OCH3 is 1. The number of hydrogen-bond acceptors (Lipinski definition) is 3. The monoisotopic (exact) mass is 277 g/mol. The second-order valence-corrected chi connectivity index (χ2v) is 5.05. The molecule has 0 bridgehead atoms. The summed E-state index contributed by atoms with van der Waals surface area (Å²) in [5.41, 5.74) is 0.658. The van der Waals surface area contributed by atoms with Crippen LogP contribution in [0.15, 0.2) is 24.3 Å². The minimum Gasteiger partial charge on any atom is -0.497 e. The van der Waals surface area contributed by atoms with E-state index in [0.29, 0.717) is 24.3 Å². The van der Waals surface area contributed by atoms with E-state index in [1.165, 1.54) is 0 Å². The first-order chi connectivity index (χ1) is 9.61. The molecule has 5 heteroatoms. The van der Waals surface area contributed by atoms with Gasteiger partial charge < -0.3 is 15.2 Å². The van der Waals surface area contributed by atoms with E-state index in [1.54, 1.807) is 31.4 Å². The van der Waals surface area contributed by atoms with Crippen molar-refractivity contribution in [2.75, 3.05) is 12.4 Å². The molecule has 5 nitrogen and oxygen atoms in total. The quantitative estimate of drug-likeness (QED) is 0.886. The van der Waals surface area contributed by atoms with Gasteiger partial charge in [-0.1, -0.05) is 12.8 Å². The molecule has 1 aliphatic carbocycles. The smallest absolute Gasteiger partial charge is 0.307 e. The van der Waals surface area contributed by atoms with Crippen LogP contribution >= 0.6 is 0 Å². The Balaban J connectivity index is 2.03. The van der Waals surface area contributed by atoms with Crippen molar-refractivity contribution >= 4 is 17.6 Å². The van der Waals surface area contributed by atoms with Gasteiger partial charge in [0.1, 0.15) is 5.75 Å². The number of carbonyl (C=O) groups is 2. The molecular weight excluding hydrogens is 258 g/mol. The molecule has 1 aliphatic rings. The molecular formula is C15H19NO4. The normalized spacial score (nSPS) is 22.1. The average Bonchev–Trinajstić information content (AvgIpc) is 2.48. The fourth-order valence-corrected chi connectivity index (χ4v) is 2.65. The highest BCUT2D eigenvalue weighted by molar-refractivity contribution is 5.95. The summed E-state index contributed by atoms with van der Waals surface area (Å²) in [6.45, 7) is 0. The van der Waals surface area contributed by atoms with Crippen molar-refractivity contribution in [1.29, 1.82) is 0 Å².